The molecule has 1 unspecified atom stereocenters. The standard InChI is InChI=1S/C21H29N2/c1-3-5-6-7-9-13-18(12-4-2)20-16-22-21(23-17-20)19-14-10-8-11-15-19/h10-11,14-18H,3-7,9,12-13H2,1-2H3. The zero-order chi connectivity index (χ0) is 16.3. The predicted octanol–water partition coefficient (Wildman–Crippen LogP) is 6.19. The van der Waals surface area contributed by atoms with Gasteiger partial charge >= 0.3 is 0 Å². The van der Waals surface area contributed by atoms with Crippen molar-refractivity contribution in [1.29, 1.82) is 0 Å². The first-order valence-electron chi connectivity index (χ1n) is 9.13. The molecule has 1 aromatic heterocycles. The lowest BCUT2D eigenvalue weighted by Gasteiger charge is -2.16. The van der Waals surface area contributed by atoms with Crippen molar-refractivity contribution in [3.8, 4) is 11.4 Å². The lowest BCUT2D eigenvalue weighted by Crippen LogP contribution is -2.01. The first-order chi connectivity index (χ1) is 11.3. The van der Waals surface area contributed by atoms with Gasteiger partial charge in [0.2, 0.25) is 0 Å². The number of rotatable bonds is 10. The van der Waals surface area contributed by atoms with Crippen LogP contribution in [-0.4, -0.2) is 9.97 Å². The highest BCUT2D eigenvalue weighted by Gasteiger charge is 2.12. The van der Waals surface area contributed by atoms with Crippen LogP contribution < -0.4 is 0 Å². The summed E-state index contributed by atoms with van der Waals surface area (Å²) in [6.45, 7) is 4.53. The molecule has 0 bridgehead atoms. The van der Waals surface area contributed by atoms with Gasteiger partial charge in [0.1, 0.15) is 0 Å². The van der Waals surface area contributed by atoms with Gasteiger partial charge in [-0.1, -0.05) is 76.6 Å². The van der Waals surface area contributed by atoms with Crippen LogP contribution in [-0.2, 0) is 0 Å². The summed E-state index contributed by atoms with van der Waals surface area (Å²) in [5.41, 5.74) is 2.36. The van der Waals surface area contributed by atoms with E-state index in [1.807, 2.05) is 36.7 Å². The summed E-state index contributed by atoms with van der Waals surface area (Å²) in [4.78, 5) is 9.17. The van der Waals surface area contributed by atoms with Crippen molar-refractivity contribution in [2.75, 3.05) is 0 Å². The van der Waals surface area contributed by atoms with Gasteiger partial charge in [-0.25, -0.2) is 9.97 Å². The van der Waals surface area contributed by atoms with Crippen molar-refractivity contribution >= 4 is 0 Å². The van der Waals surface area contributed by atoms with Gasteiger partial charge < -0.3 is 0 Å². The van der Waals surface area contributed by atoms with Crippen LogP contribution in [0, 0.1) is 6.07 Å². The third-order valence-corrected chi connectivity index (χ3v) is 4.41. The monoisotopic (exact) mass is 309 g/mol. The summed E-state index contributed by atoms with van der Waals surface area (Å²) in [6.07, 6.45) is 14.5. The minimum Gasteiger partial charge on any atom is -0.236 e. The molecule has 0 amide bonds. The lowest BCUT2D eigenvalue weighted by molar-refractivity contribution is 0.514. The van der Waals surface area contributed by atoms with Crippen LogP contribution >= 0.6 is 0 Å². The van der Waals surface area contributed by atoms with Gasteiger partial charge in [-0.3, -0.25) is 0 Å². The second-order valence-corrected chi connectivity index (χ2v) is 6.32. The average Bonchev–Trinajstić information content (AvgIpc) is 2.61. The summed E-state index contributed by atoms with van der Waals surface area (Å²) >= 11 is 0. The molecule has 23 heavy (non-hydrogen) atoms. The van der Waals surface area contributed by atoms with Crippen LogP contribution in [0.15, 0.2) is 36.7 Å². The maximum absolute atomic E-state index is 4.58. The lowest BCUT2D eigenvalue weighted by atomic mass is 9.91. The molecule has 0 aliphatic rings. The van der Waals surface area contributed by atoms with Gasteiger partial charge in [0.05, 0.1) is 0 Å². The highest BCUT2D eigenvalue weighted by atomic mass is 14.9. The van der Waals surface area contributed by atoms with E-state index in [2.05, 4.69) is 29.9 Å². The molecule has 1 atom stereocenters. The third-order valence-electron chi connectivity index (χ3n) is 4.41. The summed E-state index contributed by atoms with van der Waals surface area (Å²) in [5.74, 6) is 1.42. The minimum absolute atomic E-state index is 0.611. The highest BCUT2D eigenvalue weighted by molar-refractivity contribution is 5.53. The Kier molecular flexibility index (Phi) is 7.79. The summed E-state index contributed by atoms with van der Waals surface area (Å²) in [7, 11) is 0. The average molecular weight is 309 g/mol. The Labute approximate surface area is 141 Å². The van der Waals surface area contributed by atoms with Crippen LogP contribution in [0.1, 0.15) is 76.7 Å². The number of benzene rings is 1. The number of hydrogen-bond acceptors (Lipinski definition) is 2. The van der Waals surface area contributed by atoms with Gasteiger partial charge in [-0.15, -0.1) is 0 Å². The largest absolute Gasteiger partial charge is 0.236 e. The normalized spacial score (nSPS) is 12.3. The molecule has 2 aromatic rings. The molecule has 0 saturated heterocycles. The molecule has 1 radical (unpaired) electrons. The molecule has 0 spiro atoms. The van der Waals surface area contributed by atoms with Crippen LogP contribution in [0.2, 0.25) is 0 Å². The molecule has 0 aliphatic heterocycles. The van der Waals surface area contributed by atoms with Gasteiger partial charge in [0.25, 0.3) is 0 Å². The molecular weight excluding hydrogens is 280 g/mol. The SMILES string of the molecule is CCCCCCCC(CCC)c1cnc(-c2cc[c]cc2)nc1. The van der Waals surface area contributed by atoms with E-state index in [-0.39, 0.29) is 0 Å². The van der Waals surface area contributed by atoms with Crippen LogP contribution in [0.4, 0.5) is 0 Å². The molecular formula is C21H29N2. The Morgan fingerprint density at radius 3 is 2.22 bits per heavy atom. The van der Waals surface area contributed by atoms with Crippen molar-refractivity contribution in [3.05, 3.63) is 48.3 Å². The van der Waals surface area contributed by atoms with Gasteiger partial charge in [-0.05, 0) is 30.4 Å². The number of unbranched alkanes of at least 4 members (excludes halogenated alkanes) is 4. The van der Waals surface area contributed by atoms with E-state index in [1.165, 1.54) is 56.9 Å². The van der Waals surface area contributed by atoms with Crippen LogP contribution in [0.25, 0.3) is 11.4 Å². The maximum Gasteiger partial charge on any atom is 0.159 e. The molecule has 1 heterocycles. The Morgan fingerprint density at radius 1 is 0.870 bits per heavy atom. The Bertz CT molecular complexity index is 534. The first-order valence-corrected chi connectivity index (χ1v) is 9.13. The van der Waals surface area contributed by atoms with E-state index in [1.54, 1.807) is 0 Å². The van der Waals surface area contributed by atoms with Gasteiger partial charge in [0.15, 0.2) is 5.82 Å². The molecule has 0 saturated carbocycles. The van der Waals surface area contributed by atoms with E-state index >= 15 is 0 Å². The van der Waals surface area contributed by atoms with Crippen LogP contribution in [0.5, 0.6) is 0 Å². The van der Waals surface area contributed by atoms with Crippen molar-refractivity contribution in [2.24, 2.45) is 0 Å². The van der Waals surface area contributed by atoms with Gasteiger partial charge in [0, 0.05) is 18.0 Å². The van der Waals surface area contributed by atoms with Crippen molar-refractivity contribution in [3.63, 3.8) is 0 Å². The quantitative estimate of drug-likeness (QED) is 0.489. The second kappa shape index (κ2) is 10.1. The third kappa shape index (κ3) is 5.78. The number of hydrogen-bond donors (Lipinski definition) is 0. The fraction of sp³-hybridized carbons (Fsp3) is 0.524. The minimum atomic E-state index is 0.611. The Balaban J connectivity index is 1.96. The fourth-order valence-electron chi connectivity index (χ4n) is 3.05. The Hall–Kier alpha value is -1.70. The van der Waals surface area contributed by atoms with Gasteiger partial charge in [-0.2, -0.15) is 0 Å². The molecule has 2 heteroatoms. The van der Waals surface area contributed by atoms with Crippen molar-refractivity contribution in [1.82, 2.24) is 9.97 Å². The first kappa shape index (κ1) is 17.7. The molecule has 2 rings (SSSR count). The Morgan fingerprint density at radius 2 is 1.57 bits per heavy atom. The second-order valence-electron chi connectivity index (χ2n) is 6.32. The topological polar surface area (TPSA) is 25.8 Å². The van der Waals surface area contributed by atoms with E-state index in [0.29, 0.717) is 5.92 Å². The molecule has 2 nitrogen and oxygen atoms in total. The summed E-state index contributed by atoms with van der Waals surface area (Å²) in [5, 5.41) is 0. The summed E-state index contributed by atoms with van der Waals surface area (Å²) < 4.78 is 0. The maximum atomic E-state index is 4.58. The van der Waals surface area contributed by atoms with E-state index < -0.39 is 0 Å². The number of nitrogens with zero attached hydrogens (tertiary/aromatic N) is 2. The zero-order valence-electron chi connectivity index (χ0n) is 14.6. The van der Waals surface area contributed by atoms with Crippen molar-refractivity contribution < 1.29 is 0 Å². The summed E-state index contributed by atoms with van der Waals surface area (Å²) in [6, 6.07) is 10.9. The fourth-order valence-corrected chi connectivity index (χ4v) is 3.05. The smallest absolute Gasteiger partial charge is 0.159 e. The van der Waals surface area contributed by atoms with E-state index in [9.17, 15) is 0 Å². The predicted molar refractivity (Wildman–Crippen MR) is 97.3 cm³/mol. The van der Waals surface area contributed by atoms with E-state index in [0.717, 1.165) is 11.4 Å². The molecule has 0 fully saturated rings. The molecule has 0 N–H and O–H groups in total. The molecule has 1 aromatic carbocycles. The molecule has 123 valence electrons. The zero-order valence-corrected chi connectivity index (χ0v) is 14.6. The highest BCUT2D eigenvalue weighted by Crippen LogP contribution is 2.27. The van der Waals surface area contributed by atoms with Crippen LogP contribution in [0.3, 0.4) is 0 Å². The van der Waals surface area contributed by atoms with Crippen molar-refractivity contribution in [2.45, 2.75) is 71.1 Å². The molecule has 0 aliphatic carbocycles. The number of aromatic nitrogens is 2. The van der Waals surface area contributed by atoms with E-state index in [4.69, 9.17) is 0 Å².